The summed E-state index contributed by atoms with van der Waals surface area (Å²) < 4.78 is 1.92. The SMILES string of the molecule is Cc1csc(Sc2cc(Br)cc(C#N)c2)n1. The quantitative estimate of drug-likeness (QED) is 0.832. The van der Waals surface area contributed by atoms with Gasteiger partial charge in [-0.25, -0.2) is 4.98 Å². The van der Waals surface area contributed by atoms with Crippen molar-refractivity contribution in [1.29, 1.82) is 5.26 Å². The first-order valence-electron chi connectivity index (χ1n) is 4.48. The molecule has 2 nitrogen and oxygen atoms in total. The van der Waals surface area contributed by atoms with Crippen molar-refractivity contribution in [3.63, 3.8) is 0 Å². The summed E-state index contributed by atoms with van der Waals surface area (Å²) in [6.45, 7) is 1.97. The molecule has 0 unspecified atom stereocenters. The maximum absolute atomic E-state index is 8.86. The fraction of sp³-hybridized carbons (Fsp3) is 0.0909. The van der Waals surface area contributed by atoms with Gasteiger partial charge in [0.15, 0.2) is 4.34 Å². The van der Waals surface area contributed by atoms with Crippen LogP contribution < -0.4 is 0 Å². The van der Waals surface area contributed by atoms with Crippen molar-refractivity contribution in [1.82, 2.24) is 4.98 Å². The first-order chi connectivity index (χ1) is 7.67. The normalized spacial score (nSPS) is 10.1. The number of hydrogen-bond donors (Lipinski definition) is 0. The van der Waals surface area contributed by atoms with Crippen molar-refractivity contribution in [2.45, 2.75) is 16.2 Å². The number of aryl methyl sites for hydroxylation is 1. The summed E-state index contributed by atoms with van der Waals surface area (Å²) in [6.07, 6.45) is 0. The number of benzene rings is 1. The van der Waals surface area contributed by atoms with Gasteiger partial charge in [0.2, 0.25) is 0 Å². The van der Waals surface area contributed by atoms with Crippen molar-refractivity contribution in [3.05, 3.63) is 39.3 Å². The number of rotatable bonds is 2. The van der Waals surface area contributed by atoms with Gasteiger partial charge in [0, 0.05) is 20.4 Å². The molecule has 0 N–H and O–H groups in total. The van der Waals surface area contributed by atoms with Gasteiger partial charge in [-0.1, -0.05) is 27.7 Å². The third kappa shape index (κ3) is 2.85. The molecule has 0 spiro atoms. The minimum absolute atomic E-state index is 0.658. The molecule has 1 aromatic carbocycles. The molecule has 0 saturated carbocycles. The third-order valence-electron chi connectivity index (χ3n) is 1.80. The molecular weight excluding hydrogens is 304 g/mol. The lowest BCUT2D eigenvalue weighted by Crippen LogP contribution is -1.78. The highest BCUT2D eigenvalue weighted by Gasteiger charge is 2.04. The number of nitrogens with zero attached hydrogens (tertiary/aromatic N) is 2. The van der Waals surface area contributed by atoms with E-state index in [4.69, 9.17) is 5.26 Å². The zero-order chi connectivity index (χ0) is 11.5. The Kier molecular flexibility index (Phi) is 3.64. The van der Waals surface area contributed by atoms with E-state index >= 15 is 0 Å². The smallest absolute Gasteiger partial charge is 0.154 e. The zero-order valence-electron chi connectivity index (χ0n) is 8.40. The molecule has 2 aromatic rings. The molecule has 0 amide bonds. The van der Waals surface area contributed by atoms with E-state index in [1.165, 1.54) is 0 Å². The monoisotopic (exact) mass is 310 g/mol. The van der Waals surface area contributed by atoms with E-state index in [1.54, 1.807) is 29.2 Å². The van der Waals surface area contributed by atoms with Crippen molar-refractivity contribution < 1.29 is 0 Å². The minimum Gasteiger partial charge on any atom is -0.235 e. The van der Waals surface area contributed by atoms with Gasteiger partial charge in [-0.15, -0.1) is 11.3 Å². The van der Waals surface area contributed by atoms with Crippen molar-refractivity contribution in [3.8, 4) is 6.07 Å². The Morgan fingerprint density at radius 2 is 2.25 bits per heavy atom. The molecule has 16 heavy (non-hydrogen) atoms. The van der Waals surface area contributed by atoms with Crippen molar-refractivity contribution in [2.24, 2.45) is 0 Å². The Bertz CT molecular complexity index is 557. The Morgan fingerprint density at radius 1 is 1.44 bits per heavy atom. The summed E-state index contributed by atoms with van der Waals surface area (Å²) in [5.74, 6) is 0. The van der Waals surface area contributed by atoms with Crippen LogP contribution in [0.5, 0.6) is 0 Å². The average Bonchev–Trinajstić information content (AvgIpc) is 2.63. The lowest BCUT2D eigenvalue weighted by Gasteiger charge is -1.99. The summed E-state index contributed by atoms with van der Waals surface area (Å²) in [5.41, 5.74) is 1.69. The Balaban J connectivity index is 2.28. The van der Waals surface area contributed by atoms with Gasteiger partial charge in [-0.2, -0.15) is 5.26 Å². The first kappa shape index (κ1) is 11.6. The van der Waals surface area contributed by atoms with Crippen LogP contribution in [-0.2, 0) is 0 Å². The van der Waals surface area contributed by atoms with Gasteiger partial charge in [0.1, 0.15) is 0 Å². The molecule has 0 saturated heterocycles. The molecule has 0 aliphatic heterocycles. The Hall–Kier alpha value is -0.830. The van der Waals surface area contributed by atoms with Crippen LogP contribution in [0.1, 0.15) is 11.3 Å². The molecule has 0 aliphatic carbocycles. The van der Waals surface area contributed by atoms with Crippen LogP contribution in [0, 0.1) is 18.3 Å². The van der Waals surface area contributed by atoms with Crippen LogP contribution in [0.4, 0.5) is 0 Å². The Morgan fingerprint density at radius 3 is 2.88 bits per heavy atom. The fourth-order valence-corrected chi connectivity index (χ4v) is 3.72. The second-order valence-electron chi connectivity index (χ2n) is 3.14. The van der Waals surface area contributed by atoms with Crippen molar-refractivity contribution in [2.75, 3.05) is 0 Å². The summed E-state index contributed by atoms with van der Waals surface area (Å²) in [4.78, 5) is 5.40. The highest BCUT2D eigenvalue weighted by molar-refractivity contribution is 9.10. The summed E-state index contributed by atoms with van der Waals surface area (Å²) in [6, 6.07) is 7.80. The minimum atomic E-state index is 0.658. The number of hydrogen-bond acceptors (Lipinski definition) is 4. The maximum atomic E-state index is 8.86. The molecule has 1 heterocycles. The van der Waals surface area contributed by atoms with Crippen LogP contribution in [0.25, 0.3) is 0 Å². The zero-order valence-corrected chi connectivity index (χ0v) is 11.6. The molecule has 0 aliphatic rings. The number of nitriles is 1. The van der Waals surface area contributed by atoms with E-state index in [0.29, 0.717) is 5.56 Å². The second kappa shape index (κ2) is 5.00. The van der Waals surface area contributed by atoms with Gasteiger partial charge in [-0.3, -0.25) is 0 Å². The number of thiazole rings is 1. The largest absolute Gasteiger partial charge is 0.235 e. The number of halogens is 1. The highest BCUT2D eigenvalue weighted by atomic mass is 79.9. The van der Waals surface area contributed by atoms with Gasteiger partial charge < -0.3 is 0 Å². The standard InChI is InChI=1S/C11H7BrN2S2/c1-7-6-15-11(14-7)16-10-3-8(5-13)2-9(12)4-10/h2-4,6H,1H3. The molecule has 80 valence electrons. The second-order valence-corrected chi connectivity index (χ2v) is 6.24. The van der Waals surface area contributed by atoms with Gasteiger partial charge >= 0.3 is 0 Å². The van der Waals surface area contributed by atoms with E-state index < -0.39 is 0 Å². The first-order valence-corrected chi connectivity index (χ1v) is 6.97. The predicted octanol–water partition coefficient (Wildman–Crippen LogP) is 4.24. The van der Waals surface area contributed by atoms with Crippen LogP contribution in [-0.4, -0.2) is 4.98 Å². The topological polar surface area (TPSA) is 36.7 Å². The Labute approximate surface area is 110 Å². The van der Waals surface area contributed by atoms with Gasteiger partial charge in [0.05, 0.1) is 11.6 Å². The molecule has 0 radical (unpaired) electrons. The summed E-state index contributed by atoms with van der Waals surface area (Å²) >= 11 is 6.59. The lowest BCUT2D eigenvalue weighted by atomic mass is 10.2. The van der Waals surface area contributed by atoms with Crippen molar-refractivity contribution >= 4 is 39.0 Å². The molecule has 0 atom stereocenters. The third-order valence-corrected chi connectivity index (χ3v) is 4.29. The molecule has 0 bridgehead atoms. The molecule has 2 rings (SSSR count). The van der Waals surface area contributed by atoms with E-state index in [1.807, 2.05) is 24.4 Å². The van der Waals surface area contributed by atoms with Crippen LogP contribution >= 0.6 is 39.0 Å². The van der Waals surface area contributed by atoms with E-state index in [-0.39, 0.29) is 0 Å². The average molecular weight is 311 g/mol. The maximum Gasteiger partial charge on any atom is 0.154 e. The van der Waals surface area contributed by atoms with Gasteiger partial charge in [0.25, 0.3) is 0 Å². The molecule has 1 aromatic heterocycles. The highest BCUT2D eigenvalue weighted by Crippen LogP contribution is 2.32. The van der Waals surface area contributed by atoms with Crippen LogP contribution in [0.3, 0.4) is 0 Å². The van der Waals surface area contributed by atoms with E-state index in [9.17, 15) is 0 Å². The fourth-order valence-electron chi connectivity index (χ4n) is 1.17. The predicted molar refractivity (Wildman–Crippen MR) is 69.8 cm³/mol. The summed E-state index contributed by atoms with van der Waals surface area (Å²) in [7, 11) is 0. The number of aromatic nitrogens is 1. The van der Waals surface area contributed by atoms with Gasteiger partial charge in [-0.05, 0) is 25.1 Å². The molecule has 0 fully saturated rings. The van der Waals surface area contributed by atoms with E-state index in [2.05, 4.69) is 27.0 Å². The molecule has 5 heteroatoms. The van der Waals surface area contributed by atoms with E-state index in [0.717, 1.165) is 19.4 Å². The van der Waals surface area contributed by atoms with Crippen LogP contribution in [0.2, 0.25) is 0 Å². The van der Waals surface area contributed by atoms with Crippen LogP contribution in [0.15, 0.2) is 37.3 Å². The summed E-state index contributed by atoms with van der Waals surface area (Å²) in [5, 5.41) is 10.9. The lowest BCUT2D eigenvalue weighted by molar-refractivity contribution is 1.16. The molecular formula is C11H7BrN2S2.